The zero-order chi connectivity index (χ0) is 16.7. The molecule has 1 aromatic rings. The summed E-state index contributed by atoms with van der Waals surface area (Å²) in [4.78, 5) is 22.8. The highest BCUT2D eigenvalue weighted by atomic mass is 35.5. The third-order valence-electron chi connectivity index (χ3n) is 3.16. The van der Waals surface area contributed by atoms with E-state index in [0.29, 0.717) is 0 Å². The summed E-state index contributed by atoms with van der Waals surface area (Å²) < 4.78 is 34.0. The van der Waals surface area contributed by atoms with E-state index in [4.69, 9.17) is 11.6 Å². The fourth-order valence-electron chi connectivity index (χ4n) is 2.32. The number of carbonyl (C=O) groups excluding carboxylic acids is 1. The van der Waals surface area contributed by atoms with Gasteiger partial charge in [-0.2, -0.15) is 8.42 Å². The molecule has 1 aliphatic heterocycles. The number of carbonyl (C=O) groups is 1. The molecule has 8 nitrogen and oxygen atoms in total. The molecule has 11 heteroatoms. The van der Waals surface area contributed by atoms with Gasteiger partial charge in [-0.05, 0) is 6.07 Å². The van der Waals surface area contributed by atoms with Gasteiger partial charge >= 0.3 is 15.9 Å². The Kier molecular flexibility index (Phi) is 4.25. The molecule has 2 rings (SSSR count). The molecule has 1 N–H and O–H groups in total. The van der Waals surface area contributed by atoms with Gasteiger partial charge in [0.2, 0.25) is 11.7 Å². The first-order valence-electron chi connectivity index (χ1n) is 5.98. The van der Waals surface area contributed by atoms with E-state index in [2.05, 4.69) is 0 Å². The van der Waals surface area contributed by atoms with Gasteiger partial charge < -0.3 is 10.0 Å². The van der Waals surface area contributed by atoms with Crippen LogP contribution < -0.4 is 4.90 Å². The number of phenolic OH excluding ortho intramolecular Hbond substituents is 1. The van der Waals surface area contributed by atoms with E-state index in [1.165, 1.54) is 0 Å². The zero-order valence-corrected chi connectivity index (χ0v) is 12.5. The van der Waals surface area contributed by atoms with Gasteiger partial charge in [0.1, 0.15) is 0 Å². The number of hydrogen-bond donors (Lipinski definition) is 1. The molecule has 1 saturated heterocycles. The smallest absolute Gasteiger partial charge is 0.314 e. The number of nitro benzene ring substituents is 1. The Morgan fingerprint density at radius 3 is 2.68 bits per heavy atom. The molecule has 1 heterocycles. The third-order valence-corrected chi connectivity index (χ3v) is 4.25. The number of anilines is 1. The number of nitro groups is 1. The Labute approximate surface area is 129 Å². The van der Waals surface area contributed by atoms with E-state index in [1.54, 1.807) is 0 Å². The zero-order valence-electron chi connectivity index (χ0n) is 10.9. The summed E-state index contributed by atoms with van der Waals surface area (Å²) in [5.41, 5.74) is -0.889. The van der Waals surface area contributed by atoms with Crippen LogP contribution in [-0.4, -0.2) is 36.7 Å². The molecular weight excluding hydrogens is 343 g/mol. The van der Waals surface area contributed by atoms with E-state index >= 15 is 0 Å². The summed E-state index contributed by atoms with van der Waals surface area (Å²) >= 11 is 5.73. The molecule has 0 aliphatic carbocycles. The fourth-order valence-corrected chi connectivity index (χ4v) is 3.32. The Morgan fingerprint density at radius 1 is 1.50 bits per heavy atom. The van der Waals surface area contributed by atoms with E-state index in [0.717, 1.165) is 17.0 Å². The largest absolute Gasteiger partial charge is 0.501 e. The second-order valence-corrected chi connectivity index (χ2v) is 6.68. The van der Waals surface area contributed by atoms with E-state index in [1.807, 2.05) is 0 Å². The van der Waals surface area contributed by atoms with Gasteiger partial charge in [-0.1, -0.05) is 11.6 Å². The lowest BCUT2D eigenvalue weighted by Crippen LogP contribution is -2.25. The highest BCUT2D eigenvalue weighted by Gasteiger charge is 2.36. The maximum Gasteiger partial charge on any atom is 0.314 e. The number of nitrogens with zero attached hydrogens (tertiary/aromatic N) is 2. The van der Waals surface area contributed by atoms with Crippen LogP contribution in [0.1, 0.15) is 6.42 Å². The van der Waals surface area contributed by atoms with Crippen molar-refractivity contribution in [3.8, 4) is 5.75 Å². The van der Waals surface area contributed by atoms with Gasteiger partial charge in [-0.15, -0.1) is 3.89 Å². The van der Waals surface area contributed by atoms with E-state index < -0.39 is 44.2 Å². The van der Waals surface area contributed by atoms with E-state index in [9.17, 15) is 32.3 Å². The SMILES string of the molecule is O=C1CC(CS(=O)(=O)F)CN1c1cc(Cl)cc([N+](=O)[O-])c1O. The lowest BCUT2D eigenvalue weighted by Gasteiger charge is -2.18. The molecule has 0 aromatic heterocycles. The lowest BCUT2D eigenvalue weighted by atomic mass is 10.1. The van der Waals surface area contributed by atoms with Gasteiger partial charge in [0.25, 0.3) is 0 Å². The number of amides is 1. The van der Waals surface area contributed by atoms with Crippen LogP contribution in [0.2, 0.25) is 5.02 Å². The number of rotatable bonds is 4. The number of halogens is 2. The van der Waals surface area contributed by atoms with Crippen LogP contribution in [0, 0.1) is 16.0 Å². The maximum atomic E-state index is 12.7. The summed E-state index contributed by atoms with van der Waals surface area (Å²) in [6, 6.07) is 2.07. The van der Waals surface area contributed by atoms with Crippen LogP contribution >= 0.6 is 11.6 Å². The molecule has 0 saturated carbocycles. The summed E-state index contributed by atoms with van der Waals surface area (Å²) in [6.07, 6.45) is -0.247. The van der Waals surface area contributed by atoms with Gasteiger partial charge in [-0.25, -0.2) is 0 Å². The van der Waals surface area contributed by atoms with Crippen molar-refractivity contribution in [1.29, 1.82) is 0 Å². The minimum Gasteiger partial charge on any atom is -0.501 e. The molecule has 1 aliphatic rings. The van der Waals surface area contributed by atoms with Crippen LogP contribution in [0.15, 0.2) is 12.1 Å². The summed E-state index contributed by atoms with van der Waals surface area (Å²) in [5, 5.41) is 20.6. The number of hydrogen-bond acceptors (Lipinski definition) is 6. The summed E-state index contributed by atoms with van der Waals surface area (Å²) in [6.45, 7) is -0.187. The first-order valence-corrected chi connectivity index (χ1v) is 7.91. The van der Waals surface area contributed by atoms with Gasteiger partial charge in [-0.3, -0.25) is 14.9 Å². The molecule has 1 aromatic carbocycles. The molecular formula is C11H10ClFN2O6S. The Hall–Kier alpha value is -1.94. The van der Waals surface area contributed by atoms with Crippen molar-refractivity contribution in [1.82, 2.24) is 0 Å². The summed E-state index contributed by atoms with van der Waals surface area (Å²) in [7, 11) is -4.75. The normalized spacial score (nSPS) is 18.7. The molecule has 22 heavy (non-hydrogen) atoms. The predicted molar refractivity (Wildman–Crippen MR) is 75.1 cm³/mol. The number of phenols is 1. The quantitative estimate of drug-likeness (QED) is 0.499. The van der Waals surface area contributed by atoms with Crippen LogP contribution in [0.5, 0.6) is 5.75 Å². The number of benzene rings is 1. The van der Waals surface area contributed by atoms with Crippen molar-refractivity contribution in [2.45, 2.75) is 6.42 Å². The second kappa shape index (κ2) is 5.69. The van der Waals surface area contributed by atoms with Crippen LogP contribution in [0.25, 0.3) is 0 Å². The van der Waals surface area contributed by atoms with Crippen molar-refractivity contribution in [2.75, 3.05) is 17.2 Å². The average molecular weight is 353 g/mol. The van der Waals surface area contributed by atoms with Crippen molar-refractivity contribution in [2.24, 2.45) is 5.92 Å². The molecule has 120 valence electrons. The highest BCUT2D eigenvalue weighted by Crippen LogP contribution is 2.41. The molecule has 1 fully saturated rings. The first-order chi connectivity index (χ1) is 10.1. The molecule has 1 atom stereocenters. The highest BCUT2D eigenvalue weighted by molar-refractivity contribution is 7.86. The monoisotopic (exact) mass is 352 g/mol. The maximum absolute atomic E-state index is 12.7. The predicted octanol–water partition coefficient (Wildman–Crippen LogP) is 1.61. The second-order valence-electron chi connectivity index (χ2n) is 4.83. The summed E-state index contributed by atoms with van der Waals surface area (Å²) in [5.74, 6) is -2.98. The first kappa shape index (κ1) is 16.4. The van der Waals surface area contributed by atoms with Crippen molar-refractivity contribution >= 4 is 39.1 Å². The molecule has 0 radical (unpaired) electrons. The lowest BCUT2D eigenvalue weighted by molar-refractivity contribution is -0.385. The molecule has 0 spiro atoms. The topological polar surface area (TPSA) is 118 Å². The van der Waals surface area contributed by atoms with E-state index in [-0.39, 0.29) is 23.7 Å². The standard InChI is InChI=1S/C11H10ClFN2O6S/c12-7-2-8(11(17)9(3-7)15(18)19)14-4-6(1-10(14)16)5-22(13,20)21/h2-3,6,17H,1,4-5H2. The number of aromatic hydroxyl groups is 1. The Bertz CT molecular complexity index is 753. The minimum atomic E-state index is -4.75. The Balaban J connectivity index is 2.37. The molecule has 1 amide bonds. The third kappa shape index (κ3) is 3.45. The van der Waals surface area contributed by atoms with Crippen molar-refractivity contribution in [3.05, 3.63) is 27.3 Å². The van der Waals surface area contributed by atoms with Gasteiger partial charge in [0.15, 0.2) is 0 Å². The fraction of sp³-hybridized carbons (Fsp3) is 0.364. The van der Waals surface area contributed by atoms with Crippen LogP contribution in [0.4, 0.5) is 15.3 Å². The average Bonchev–Trinajstić information content (AvgIpc) is 2.69. The van der Waals surface area contributed by atoms with Crippen molar-refractivity contribution < 1.29 is 27.1 Å². The minimum absolute atomic E-state index is 0.0751. The van der Waals surface area contributed by atoms with Crippen LogP contribution in [0.3, 0.4) is 0 Å². The van der Waals surface area contributed by atoms with Crippen molar-refractivity contribution in [3.63, 3.8) is 0 Å². The van der Waals surface area contributed by atoms with Gasteiger partial charge in [0.05, 0.1) is 16.4 Å². The van der Waals surface area contributed by atoms with Crippen LogP contribution in [-0.2, 0) is 15.0 Å². The molecule has 0 bridgehead atoms. The molecule has 1 unspecified atom stereocenters. The Morgan fingerprint density at radius 2 is 2.14 bits per heavy atom. The van der Waals surface area contributed by atoms with Gasteiger partial charge in [0, 0.05) is 30.0 Å².